The molecule has 0 bridgehead atoms. The van der Waals surface area contributed by atoms with Crippen molar-refractivity contribution in [3.05, 3.63) is 77.6 Å². The van der Waals surface area contributed by atoms with Gasteiger partial charge in [0.25, 0.3) is 5.91 Å². The van der Waals surface area contributed by atoms with Gasteiger partial charge in [-0.2, -0.15) is 13.2 Å². The van der Waals surface area contributed by atoms with Gasteiger partial charge in [0, 0.05) is 30.5 Å². The van der Waals surface area contributed by atoms with Crippen LogP contribution in [0.5, 0.6) is 5.75 Å². The van der Waals surface area contributed by atoms with Gasteiger partial charge in [0.2, 0.25) is 0 Å². The average molecular weight is 455 g/mol. The molecular weight excluding hydrogens is 431 g/mol. The molecule has 1 saturated heterocycles. The average Bonchev–Trinajstić information content (AvgIpc) is 3.30. The van der Waals surface area contributed by atoms with Crippen LogP contribution in [0.3, 0.4) is 0 Å². The first-order valence-electron chi connectivity index (χ1n) is 11.0. The van der Waals surface area contributed by atoms with Crippen molar-refractivity contribution in [3.8, 4) is 11.4 Å². The van der Waals surface area contributed by atoms with Crippen LogP contribution in [0, 0.1) is 0 Å². The number of ether oxygens (including phenoxy) is 1. The standard InChI is InChI=1S/C25H24F3N3O2/c1-2-33-19-8-5-17(6-9-19)23(32)30-14-11-24(12-15-30)22-4-3-13-31(22)21-10-7-18(25(26,27)28)16-20(21)29-24/h3-10,13,16,29H,2,11-12,14-15H2,1H3. The molecule has 8 heteroatoms. The Kier molecular flexibility index (Phi) is 5.11. The van der Waals surface area contributed by atoms with Crippen LogP contribution in [-0.4, -0.2) is 35.1 Å². The van der Waals surface area contributed by atoms with Crippen molar-refractivity contribution in [2.45, 2.75) is 31.5 Å². The van der Waals surface area contributed by atoms with Gasteiger partial charge in [-0.15, -0.1) is 0 Å². The lowest BCUT2D eigenvalue weighted by Crippen LogP contribution is -2.51. The lowest BCUT2D eigenvalue weighted by molar-refractivity contribution is -0.137. The number of alkyl halides is 3. The SMILES string of the molecule is CCOc1ccc(C(=O)N2CCC3(CC2)Nc2cc(C(F)(F)F)ccc2-n2cccc23)cc1. The number of amides is 1. The summed E-state index contributed by atoms with van der Waals surface area (Å²) >= 11 is 0. The molecule has 2 aliphatic heterocycles. The molecule has 1 N–H and O–H groups in total. The number of benzene rings is 2. The van der Waals surface area contributed by atoms with E-state index in [9.17, 15) is 18.0 Å². The summed E-state index contributed by atoms with van der Waals surface area (Å²) in [6.45, 7) is 3.46. The lowest BCUT2D eigenvalue weighted by atomic mass is 9.82. The minimum Gasteiger partial charge on any atom is -0.494 e. The maximum atomic E-state index is 13.3. The van der Waals surface area contributed by atoms with E-state index >= 15 is 0 Å². The molecule has 3 heterocycles. The third kappa shape index (κ3) is 3.73. The second-order valence-corrected chi connectivity index (χ2v) is 8.45. The first-order valence-corrected chi connectivity index (χ1v) is 11.0. The Bertz CT molecular complexity index is 1180. The normalized spacial score (nSPS) is 16.7. The Hall–Kier alpha value is -3.42. The van der Waals surface area contributed by atoms with Crippen LogP contribution in [0.4, 0.5) is 18.9 Å². The van der Waals surface area contributed by atoms with Gasteiger partial charge in [-0.1, -0.05) is 0 Å². The number of anilines is 1. The van der Waals surface area contributed by atoms with Crippen LogP contribution < -0.4 is 10.1 Å². The Morgan fingerprint density at radius 3 is 2.48 bits per heavy atom. The third-order valence-electron chi connectivity index (χ3n) is 6.51. The van der Waals surface area contributed by atoms with E-state index in [0.29, 0.717) is 49.5 Å². The molecule has 0 aliphatic carbocycles. The predicted molar refractivity (Wildman–Crippen MR) is 119 cm³/mol. The summed E-state index contributed by atoms with van der Waals surface area (Å²) in [4.78, 5) is 14.8. The molecule has 0 unspecified atom stereocenters. The summed E-state index contributed by atoms with van der Waals surface area (Å²) in [5.74, 6) is 0.662. The van der Waals surface area contributed by atoms with E-state index in [1.807, 2.05) is 29.8 Å². The van der Waals surface area contributed by atoms with E-state index in [4.69, 9.17) is 4.74 Å². The van der Waals surface area contributed by atoms with Crippen LogP contribution in [-0.2, 0) is 11.7 Å². The van der Waals surface area contributed by atoms with Crippen LogP contribution in [0.1, 0.15) is 41.4 Å². The van der Waals surface area contributed by atoms with Gasteiger partial charge in [-0.3, -0.25) is 4.79 Å². The first-order chi connectivity index (χ1) is 15.8. The minimum atomic E-state index is -4.41. The number of hydrogen-bond donors (Lipinski definition) is 1. The molecule has 0 saturated carbocycles. The van der Waals surface area contributed by atoms with Gasteiger partial charge < -0.3 is 19.5 Å². The van der Waals surface area contributed by atoms with Crippen LogP contribution in [0.25, 0.3) is 5.69 Å². The molecule has 1 spiro atoms. The van der Waals surface area contributed by atoms with Gasteiger partial charge in [0.1, 0.15) is 5.75 Å². The number of carbonyl (C=O) groups is 1. The molecule has 2 aromatic carbocycles. The molecule has 5 rings (SSSR count). The molecule has 2 aliphatic rings. The van der Waals surface area contributed by atoms with E-state index in [-0.39, 0.29) is 5.91 Å². The maximum Gasteiger partial charge on any atom is 0.416 e. The zero-order valence-electron chi connectivity index (χ0n) is 18.2. The second kappa shape index (κ2) is 7.86. The highest BCUT2D eigenvalue weighted by Gasteiger charge is 2.43. The molecule has 172 valence electrons. The molecule has 1 fully saturated rings. The summed E-state index contributed by atoms with van der Waals surface area (Å²) in [7, 11) is 0. The first kappa shape index (κ1) is 21.4. The van der Waals surface area contributed by atoms with Crippen molar-refractivity contribution >= 4 is 11.6 Å². The van der Waals surface area contributed by atoms with Crippen molar-refractivity contribution < 1.29 is 22.7 Å². The number of nitrogens with one attached hydrogen (secondary N) is 1. The van der Waals surface area contributed by atoms with Crippen LogP contribution >= 0.6 is 0 Å². The van der Waals surface area contributed by atoms with Crippen molar-refractivity contribution in [1.82, 2.24) is 9.47 Å². The number of aromatic nitrogens is 1. The molecule has 0 radical (unpaired) electrons. The van der Waals surface area contributed by atoms with E-state index < -0.39 is 17.3 Å². The number of likely N-dealkylation sites (tertiary alicyclic amines) is 1. The second-order valence-electron chi connectivity index (χ2n) is 8.45. The summed E-state index contributed by atoms with van der Waals surface area (Å²) in [5, 5.41) is 3.41. The summed E-state index contributed by atoms with van der Waals surface area (Å²) in [6.07, 6.45) is -1.35. The zero-order valence-corrected chi connectivity index (χ0v) is 18.2. The largest absolute Gasteiger partial charge is 0.494 e. The van der Waals surface area contributed by atoms with E-state index in [1.54, 1.807) is 29.2 Å². The number of rotatable bonds is 3. The fraction of sp³-hybridized carbons (Fsp3) is 0.320. The fourth-order valence-electron chi connectivity index (χ4n) is 4.84. The molecule has 33 heavy (non-hydrogen) atoms. The van der Waals surface area contributed by atoms with Gasteiger partial charge in [0.05, 0.1) is 29.1 Å². The van der Waals surface area contributed by atoms with Crippen molar-refractivity contribution in [2.75, 3.05) is 25.0 Å². The number of hydrogen-bond acceptors (Lipinski definition) is 3. The highest BCUT2D eigenvalue weighted by atomic mass is 19.4. The monoisotopic (exact) mass is 455 g/mol. The summed E-state index contributed by atoms with van der Waals surface area (Å²) in [5.41, 5.74) is 1.54. The van der Waals surface area contributed by atoms with Crippen molar-refractivity contribution in [3.63, 3.8) is 0 Å². The Labute approximate surface area is 189 Å². The maximum absolute atomic E-state index is 13.3. The quantitative estimate of drug-likeness (QED) is 0.571. The molecule has 3 aromatic rings. The van der Waals surface area contributed by atoms with Crippen LogP contribution in [0.2, 0.25) is 0 Å². The van der Waals surface area contributed by atoms with Gasteiger partial charge in [-0.05, 0) is 74.4 Å². The Balaban J connectivity index is 1.38. The topological polar surface area (TPSA) is 46.5 Å². The summed E-state index contributed by atoms with van der Waals surface area (Å²) in [6, 6.07) is 14.8. The van der Waals surface area contributed by atoms with E-state index in [1.165, 1.54) is 12.1 Å². The summed E-state index contributed by atoms with van der Waals surface area (Å²) < 4.78 is 47.3. The van der Waals surface area contributed by atoms with Gasteiger partial charge in [0.15, 0.2) is 0 Å². The van der Waals surface area contributed by atoms with Crippen molar-refractivity contribution in [1.29, 1.82) is 0 Å². The van der Waals surface area contributed by atoms with Crippen LogP contribution in [0.15, 0.2) is 60.8 Å². The van der Waals surface area contributed by atoms with Gasteiger partial charge in [-0.25, -0.2) is 0 Å². The highest BCUT2D eigenvalue weighted by Crippen LogP contribution is 2.45. The van der Waals surface area contributed by atoms with E-state index in [2.05, 4.69) is 5.32 Å². The van der Waals surface area contributed by atoms with Crippen molar-refractivity contribution in [2.24, 2.45) is 0 Å². The Morgan fingerprint density at radius 1 is 1.09 bits per heavy atom. The minimum absolute atomic E-state index is 0.0566. The number of fused-ring (bicyclic) bond motifs is 4. The number of halogens is 3. The molecule has 1 amide bonds. The third-order valence-corrected chi connectivity index (χ3v) is 6.51. The molecule has 0 atom stereocenters. The zero-order chi connectivity index (χ0) is 23.2. The number of carbonyl (C=O) groups excluding carboxylic acids is 1. The number of nitrogens with zero attached hydrogens (tertiary/aromatic N) is 2. The van der Waals surface area contributed by atoms with E-state index in [0.717, 1.165) is 17.5 Å². The predicted octanol–water partition coefficient (Wildman–Crippen LogP) is 5.45. The molecular formula is C25H24F3N3O2. The molecule has 5 nitrogen and oxygen atoms in total. The highest BCUT2D eigenvalue weighted by molar-refractivity contribution is 5.94. The lowest BCUT2D eigenvalue weighted by Gasteiger charge is -2.46. The Morgan fingerprint density at radius 2 is 1.82 bits per heavy atom. The van der Waals surface area contributed by atoms with Gasteiger partial charge >= 0.3 is 6.18 Å². The fourth-order valence-corrected chi connectivity index (χ4v) is 4.84. The number of piperidine rings is 1. The smallest absolute Gasteiger partial charge is 0.416 e. The molecule has 1 aromatic heterocycles.